The Labute approximate surface area is 157 Å². The molecule has 0 unspecified atom stereocenters. The highest BCUT2D eigenvalue weighted by molar-refractivity contribution is 7.13. The van der Waals surface area contributed by atoms with Gasteiger partial charge >= 0.3 is 0 Å². The van der Waals surface area contributed by atoms with Crippen LogP contribution in [-0.4, -0.2) is 38.2 Å². The summed E-state index contributed by atoms with van der Waals surface area (Å²) in [6, 6.07) is 10.3. The minimum Gasteiger partial charge on any atom is -0.335 e. The fraction of sp³-hybridized carbons (Fsp3) is 0.350. The van der Waals surface area contributed by atoms with Gasteiger partial charge in [0.2, 0.25) is 0 Å². The van der Waals surface area contributed by atoms with Crippen LogP contribution in [-0.2, 0) is 0 Å². The second-order valence-electron chi connectivity index (χ2n) is 6.58. The largest absolute Gasteiger partial charge is 0.335 e. The van der Waals surface area contributed by atoms with Crippen molar-refractivity contribution in [1.82, 2.24) is 19.7 Å². The lowest BCUT2D eigenvalue weighted by Crippen LogP contribution is -2.38. The van der Waals surface area contributed by atoms with Crippen molar-refractivity contribution in [3.63, 3.8) is 0 Å². The van der Waals surface area contributed by atoms with Gasteiger partial charge in [0.25, 0.3) is 5.91 Å². The second kappa shape index (κ2) is 7.41. The fourth-order valence-electron chi connectivity index (χ4n) is 3.59. The lowest BCUT2D eigenvalue weighted by Gasteiger charge is -2.26. The van der Waals surface area contributed by atoms with Gasteiger partial charge < -0.3 is 4.90 Å². The van der Waals surface area contributed by atoms with Gasteiger partial charge in [0.05, 0.1) is 11.9 Å². The van der Waals surface area contributed by atoms with Crippen LogP contribution in [0.15, 0.2) is 48.1 Å². The molecule has 1 fully saturated rings. The Morgan fingerprint density at radius 2 is 2.04 bits per heavy atom. The molecule has 0 saturated heterocycles. The Hall–Kier alpha value is -2.47. The Morgan fingerprint density at radius 3 is 2.77 bits per heavy atom. The molecule has 0 N–H and O–H groups in total. The van der Waals surface area contributed by atoms with Gasteiger partial charge in [0, 0.05) is 29.7 Å². The summed E-state index contributed by atoms with van der Waals surface area (Å²) in [7, 11) is 0. The van der Waals surface area contributed by atoms with Crippen LogP contribution in [0.1, 0.15) is 43.1 Å². The monoisotopic (exact) mass is 366 g/mol. The van der Waals surface area contributed by atoms with Crippen molar-refractivity contribution in [1.29, 1.82) is 0 Å². The van der Waals surface area contributed by atoms with Gasteiger partial charge in [-0.25, -0.2) is 9.67 Å². The quantitative estimate of drug-likeness (QED) is 0.672. The molecule has 134 valence electrons. The van der Waals surface area contributed by atoms with Crippen LogP contribution in [0.4, 0.5) is 0 Å². The molecular weight excluding hydrogens is 344 g/mol. The molecule has 6 heteroatoms. The Balaban J connectivity index is 1.54. The van der Waals surface area contributed by atoms with E-state index in [0.29, 0.717) is 11.7 Å². The van der Waals surface area contributed by atoms with Crippen molar-refractivity contribution in [2.45, 2.75) is 38.6 Å². The number of hydrogen-bond acceptors (Lipinski definition) is 4. The molecule has 1 aliphatic rings. The number of aromatic nitrogens is 3. The standard InChI is InChI=1S/C20H22N4OS/c1-2-23(16-8-6-7-9-16)20(25)18-14-26-19(22-18)15-12-21-24(13-15)17-10-4-3-5-11-17/h3-5,10-14,16H,2,6-9H2,1H3. The van der Waals surface area contributed by atoms with Gasteiger partial charge in [0.15, 0.2) is 0 Å². The Bertz CT molecular complexity index is 880. The highest BCUT2D eigenvalue weighted by atomic mass is 32.1. The number of benzene rings is 1. The summed E-state index contributed by atoms with van der Waals surface area (Å²) >= 11 is 1.50. The molecule has 0 atom stereocenters. The van der Waals surface area contributed by atoms with Crippen molar-refractivity contribution in [3.8, 4) is 16.3 Å². The minimum atomic E-state index is 0.0531. The van der Waals surface area contributed by atoms with E-state index in [-0.39, 0.29) is 5.91 Å². The van der Waals surface area contributed by atoms with Gasteiger partial charge in [0.1, 0.15) is 10.7 Å². The van der Waals surface area contributed by atoms with Gasteiger partial charge in [-0.3, -0.25) is 4.79 Å². The van der Waals surface area contributed by atoms with Crippen molar-refractivity contribution in [2.75, 3.05) is 6.54 Å². The molecule has 0 aliphatic heterocycles. The average molecular weight is 366 g/mol. The Kier molecular flexibility index (Phi) is 4.84. The van der Waals surface area contributed by atoms with Crippen LogP contribution < -0.4 is 0 Å². The van der Waals surface area contributed by atoms with Crippen molar-refractivity contribution in [3.05, 3.63) is 53.8 Å². The lowest BCUT2D eigenvalue weighted by atomic mass is 10.2. The first-order chi connectivity index (χ1) is 12.8. The zero-order valence-corrected chi connectivity index (χ0v) is 15.7. The maximum atomic E-state index is 12.9. The molecule has 26 heavy (non-hydrogen) atoms. The number of nitrogens with zero attached hydrogens (tertiary/aromatic N) is 4. The maximum absolute atomic E-state index is 12.9. The van der Waals surface area contributed by atoms with E-state index < -0.39 is 0 Å². The summed E-state index contributed by atoms with van der Waals surface area (Å²) in [4.78, 5) is 19.5. The van der Waals surface area contributed by atoms with E-state index in [9.17, 15) is 4.79 Å². The molecule has 0 radical (unpaired) electrons. The topological polar surface area (TPSA) is 51.0 Å². The van der Waals surface area contributed by atoms with Crippen molar-refractivity contribution >= 4 is 17.2 Å². The zero-order chi connectivity index (χ0) is 17.9. The number of carbonyl (C=O) groups is 1. The van der Waals surface area contributed by atoms with E-state index in [1.54, 1.807) is 6.20 Å². The number of amides is 1. The molecule has 1 aromatic carbocycles. The summed E-state index contributed by atoms with van der Waals surface area (Å²) in [6.07, 6.45) is 8.41. The first kappa shape index (κ1) is 17.0. The first-order valence-electron chi connectivity index (χ1n) is 9.13. The molecule has 1 aliphatic carbocycles. The van der Waals surface area contributed by atoms with Gasteiger partial charge in [-0.15, -0.1) is 11.3 Å². The van der Waals surface area contributed by atoms with Crippen molar-refractivity contribution < 1.29 is 4.79 Å². The molecule has 1 amide bonds. The van der Waals surface area contributed by atoms with Crippen LogP contribution in [0, 0.1) is 0 Å². The molecule has 0 spiro atoms. The second-order valence-corrected chi connectivity index (χ2v) is 7.43. The van der Waals surface area contributed by atoms with Crippen LogP contribution in [0.2, 0.25) is 0 Å². The summed E-state index contributed by atoms with van der Waals surface area (Å²) in [6.45, 7) is 2.79. The molecule has 0 bridgehead atoms. The van der Waals surface area contributed by atoms with Gasteiger partial charge in [-0.05, 0) is 31.9 Å². The van der Waals surface area contributed by atoms with E-state index in [1.165, 1.54) is 24.2 Å². The van der Waals surface area contributed by atoms with E-state index in [4.69, 9.17) is 0 Å². The Morgan fingerprint density at radius 1 is 1.27 bits per heavy atom. The molecule has 5 nitrogen and oxygen atoms in total. The van der Waals surface area contributed by atoms with Gasteiger partial charge in [-0.1, -0.05) is 31.0 Å². The zero-order valence-electron chi connectivity index (χ0n) is 14.8. The van der Waals surface area contributed by atoms with E-state index in [0.717, 1.165) is 35.6 Å². The van der Waals surface area contributed by atoms with Crippen LogP contribution in [0.25, 0.3) is 16.3 Å². The van der Waals surface area contributed by atoms with Crippen molar-refractivity contribution in [2.24, 2.45) is 0 Å². The highest BCUT2D eigenvalue weighted by Gasteiger charge is 2.27. The molecule has 2 heterocycles. The van der Waals surface area contributed by atoms with Crippen LogP contribution in [0.5, 0.6) is 0 Å². The highest BCUT2D eigenvalue weighted by Crippen LogP contribution is 2.28. The predicted octanol–water partition coefficient (Wildman–Crippen LogP) is 4.40. The minimum absolute atomic E-state index is 0.0531. The molecule has 4 rings (SSSR count). The van der Waals surface area contributed by atoms with Crippen LogP contribution >= 0.6 is 11.3 Å². The smallest absolute Gasteiger partial charge is 0.273 e. The predicted molar refractivity (Wildman–Crippen MR) is 104 cm³/mol. The summed E-state index contributed by atoms with van der Waals surface area (Å²) in [5.41, 5.74) is 2.48. The third-order valence-corrected chi connectivity index (χ3v) is 5.83. The molecule has 2 aromatic heterocycles. The number of rotatable bonds is 5. The number of hydrogen-bond donors (Lipinski definition) is 0. The summed E-state index contributed by atoms with van der Waals surface area (Å²) in [5, 5.41) is 7.12. The summed E-state index contributed by atoms with van der Waals surface area (Å²) < 4.78 is 1.83. The van der Waals surface area contributed by atoms with Crippen LogP contribution in [0.3, 0.4) is 0 Å². The third-order valence-electron chi connectivity index (χ3n) is 4.94. The van der Waals surface area contributed by atoms with E-state index in [1.807, 2.05) is 58.4 Å². The fourth-order valence-corrected chi connectivity index (χ4v) is 4.36. The third kappa shape index (κ3) is 3.29. The SMILES string of the molecule is CCN(C(=O)c1csc(-c2cnn(-c3ccccc3)c2)n1)C1CCCC1. The van der Waals surface area contributed by atoms with Gasteiger partial charge in [-0.2, -0.15) is 5.10 Å². The lowest BCUT2D eigenvalue weighted by molar-refractivity contribution is 0.0688. The average Bonchev–Trinajstić information content (AvgIpc) is 3.43. The number of carbonyl (C=O) groups excluding carboxylic acids is 1. The molecule has 3 aromatic rings. The van der Waals surface area contributed by atoms with E-state index >= 15 is 0 Å². The maximum Gasteiger partial charge on any atom is 0.273 e. The molecular formula is C20H22N4OS. The number of thiazole rings is 1. The summed E-state index contributed by atoms with van der Waals surface area (Å²) in [5.74, 6) is 0.0531. The first-order valence-corrected chi connectivity index (χ1v) is 10.0. The van der Waals surface area contributed by atoms with E-state index in [2.05, 4.69) is 10.1 Å². The molecule has 1 saturated carbocycles. The normalized spacial score (nSPS) is 14.7. The number of para-hydroxylation sites is 1.